The summed E-state index contributed by atoms with van der Waals surface area (Å²) in [6.07, 6.45) is 3.35. The normalized spacial score (nSPS) is 12.0. The van der Waals surface area contributed by atoms with Crippen molar-refractivity contribution in [2.24, 2.45) is 4.99 Å². The van der Waals surface area contributed by atoms with E-state index in [-0.39, 0.29) is 0 Å². The molecule has 0 N–H and O–H groups in total. The first-order valence-corrected chi connectivity index (χ1v) is 9.73. The van der Waals surface area contributed by atoms with Crippen molar-refractivity contribution < 1.29 is 8.84 Å². The first-order valence-electron chi connectivity index (χ1n) is 6.32. The van der Waals surface area contributed by atoms with Gasteiger partial charge in [-0.3, -0.25) is 0 Å². The van der Waals surface area contributed by atoms with Gasteiger partial charge in [0.25, 0.3) is 0 Å². The quantitative estimate of drug-likeness (QED) is 0.605. The lowest BCUT2D eigenvalue weighted by molar-refractivity contribution is 0.554. The zero-order valence-electron chi connectivity index (χ0n) is 11.8. The molecule has 0 unspecified atom stereocenters. The Kier molecular flexibility index (Phi) is 3.90. The number of nitrogens with zero attached hydrogens (tertiary/aromatic N) is 1. The van der Waals surface area contributed by atoms with Crippen molar-refractivity contribution in [2.75, 3.05) is 0 Å². The highest BCUT2D eigenvalue weighted by molar-refractivity contribution is 6.70. The van der Waals surface area contributed by atoms with Crippen LogP contribution < -0.4 is 4.43 Å². The van der Waals surface area contributed by atoms with Crippen LogP contribution in [0.3, 0.4) is 0 Å². The molecule has 0 radical (unpaired) electrons. The molecule has 100 valence electrons. The van der Waals surface area contributed by atoms with Crippen LogP contribution >= 0.6 is 0 Å². The molecule has 2 aromatic rings. The van der Waals surface area contributed by atoms with Crippen molar-refractivity contribution in [1.29, 1.82) is 0 Å². The van der Waals surface area contributed by atoms with E-state index in [1.807, 2.05) is 37.3 Å². The van der Waals surface area contributed by atoms with E-state index in [2.05, 4.69) is 24.6 Å². The molecule has 0 spiro atoms. The fourth-order valence-corrected chi connectivity index (χ4v) is 2.55. The minimum atomic E-state index is -1.65. The van der Waals surface area contributed by atoms with E-state index in [0.29, 0.717) is 0 Å². The van der Waals surface area contributed by atoms with Crippen LogP contribution in [0.15, 0.2) is 46.0 Å². The van der Waals surface area contributed by atoms with Gasteiger partial charge >= 0.3 is 0 Å². The molecule has 0 aliphatic heterocycles. The SMILES string of the molecule is Cc1cccc(N=Cc2ccco2)c1O[Si](C)(C)C. The second kappa shape index (κ2) is 5.44. The topological polar surface area (TPSA) is 34.7 Å². The van der Waals surface area contributed by atoms with E-state index < -0.39 is 8.32 Å². The van der Waals surface area contributed by atoms with Gasteiger partial charge in [-0.05, 0) is 50.3 Å². The lowest BCUT2D eigenvalue weighted by atomic mass is 10.2. The average Bonchev–Trinajstić information content (AvgIpc) is 2.81. The average molecular weight is 273 g/mol. The van der Waals surface area contributed by atoms with E-state index >= 15 is 0 Å². The molecule has 1 aromatic heterocycles. The second-order valence-corrected chi connectivity index (χ2v) is 9.84. The van der Waals surface area contributed by atoms with Gasteiger partial charge in [0.1, 0.15) is 17.2 Å². The molecule has 4 heteroatoms. The number of furan rings is 1. The highest BCUT2D eigenvalue weighted by Gasteiger charge is 2.19. The molecule has 19 heavy (non-hydrogen) atoms. The van der Waals surface area contributed by atoms with Gasteiger partial charge < -0.3 is 8.84 Å². The maximum absolute atomic E-state index is 6.13. The molecule has 0 saturated carbocycles. The fraction of sp³-hybridized carbons (Fsp3) is 0.267. The Bertz CT molecular complexity index is 568. The van der Waals surface area contributed by atoms with Crippen LogP contribution in [0.2, 0.25) is 19.6 Å². The number of aryl methyl sites for hydroxylation is 1. The molecular formula is C15H19NO2Si. The van der Waals surface area contributed by atoms with Gasteiger partial charge in [-0.1, -0.05) is 12.1 Å². The molecule has 0 amide bonds. The minimum Gasteiger partial charge on any atom is -0.543 e. The summed E-state index contributed by atoms with van der Waals surface area (Å²) in [5, 5.41) is 0. The molecule has 1 aromatic carbocycles. The van der Waals surface area contributed by atoms with Crippen molar-refractivity contribution in [1.82, 2.24) is 0 Å². The summed E-state index contributed by atoms with van der Waals surface area (Å²) >= 11 is 0. The van der Waals surface area contributed by atoms with Gasteiger partial charge in [-0.15, -0.1) is 0 Å². The van der Waals surface area contributed by atoms with Crippen molar-refractivity contribution in [2.45, 2.75) is 26.6 Å². The third kappa shape index (κ3) is 3.82. The monoisotopic (exact) mass is 273 g/mol. The summed E-state index contributed by atoms with van der Waals surface area (Å²) in [4.78, 5) is 4.47. The number of rotatable bonds is 4. The first kappa shape index (κ1) is 13.6. The largest absolute Gasteiger partial charge is 0.543 e. The van der Waals surface area contributed by atoms with Crippen LogP contribution in [-0.4, -0.2) is 14.5 Å². The zero-order valence-corrected chi connectivity index (χ0v) is 12.8. The summed E-state index contributed by atoms with van der Waals surface area (Å²) in [6, 6.07) is 9.71. The van der Waals surface area contributed by atoms with Crippen molar-refractivity contribution in [3.05, 3.63) is 47.9 Å². The van der Waals surface area contributed by atoms with Gasteiger partial charge in [-0.25, -0.2) is 4.99 Å². The summed E-state index contributed by atoms with van der Waals surface area (Å²) in [6.45, 7) is 8.54. The molecule has 0 atom stereocenters. The molecule has 0 aliphatic rings. The highest BCUT2D eigenvalue weighted by Crippen LogP contribution is 2.33. The van der Waals surface area contributed by atoms with Gasteiger partial charge in [0.2, 0.25) is 8.32 Å². The second-order valence-electron chi connectivity index (χ2n) is 5.41. The Morgan fingerprint density at radius 2 is 1.95 bits per heavy atom. The zero-order chi connectivity index (χ0) is 13.9. The molecular weight excluding hydrogens is 254 g/mol. The summed E-state index contributed by atoms with van der Waals surface area (Å²) < 4.78 is 11.4. The Morgan fingerprint density at radius 3 is 2.58 bits per heavy atom. The number of aliphatic imine (C=N–C) groups is 1. The van der Waals surface area contributed by atoms with Crippen LogP contribution in [-0.2, 0) is 0 Å². The summed E-state index contributed by atoms with van der Waals surface area (Å²) in [5.74, 6) is 1.62. The standard InChI is InChI=1S/C15H19NO2Si/c1-12-7-5-9-14(15(12)18-19(2,3)4)16-11-13-8-6-10-17-13/h5-11H,1-4H3. The molecule has 2 rings (SSSR count). The molecule has 3 nitrogen and oxygen atoms in total. The van der Waals surface area contributed by atoms with E-state index in [0.717, 1.165) is 22.8 Å². The van der Waals surface area contributed by atoms with E-state index in [1.54, 1.807) is 12.5 Å². The predicted octanol–water partition coefficient (Wildman–Crippen LogP) is 4.55. The van der Waals surface area contributed by atoms with Gasteiger partial charge in [-0.2, -0.15) is 0 Å². The molecule has 0 saturated heterocycles. The Labute approximate surface area is 115 Å². The lowest BCUT2D eigenvalue weighted by Crippen LogP contribution is -2.29. The fourth-order valence-electron chi connectivity index (χ4n) is 1.68. The van der Waals surface area contributed by atoms with Crippen LogP contribution in [0.25, 0.3) is 0 Å². The van der Waals surface area contributed by atoms with Gasteiger partial charge in [0.05, 0.1) is 12.5 Å². The van der Waals surface area contributed by atoms with Crippen LogP contribution in [0.4, 0.5) is 5.69 Å². The maximum Gasteiger partial charge on any atom is 0.242 e. The van der Waals surface area contributed by atoms with Gasteiger partial charge in [0.15, 0.2) is 0 Å². The van der Waals surface area contributed by atoms with E-state index in [4.69, 9.17) is 8.84 Å². The third-order valence-corrected chi connectivity index (χ3v) is 3.29. The highest BCUT2D eigenvalue weighted by atomic mass is 28.4. The van der Waals surface area contributed by atoms with Crippen LogP contribution in [0.1, 0.15) is 11.3 Å². The first-order chi connectivity index (χ1) is 8.96. The van der Waals surface area contributed by atoms with E-state index in [9.17, 15) is 0 Å². The Hall–Kier alpha value is -1.81. The molecule has 0 fully saturated rings. The Morgan fingerprint density at radius 1 is 1.16 bits per heavy atom. The lowest BCUT2D eigenvalue weighted by Gasteiger charge is -2.22. The van der Waals surface area contributed by atoms with E-state index in [1.165, 1.54) is 0 Å². The van der Waals surface area contributed by atoms with Crippen molar-refractivity contribution in [3.8, 4) is 5.75 Å². The Balaban J connectivity index is 2.32. The van der Waals surface area contributed by atoms with Crippen molar-refractivity contribution in [3.63, 3.8) is 0 Å². The van der Waals surface area contributed by atoms with Gasteiger partial charge in [0, 0.05) is 0 Å². The number of hydrogen-bond acceptors (Lipinski definition) is 3. The van der Waals surface area contributed by atoms with Crippen LogP contribution in [0, 0.1) is 6.92 Å². The smallest absolute Gasteiger partial charge is 0.242 e. The predicted molar refractivity (Wildman–Crippen MR) is 81.1 cm³/mol. The molecule has 0 aliphatic carbocycles. The number of benzene rings is 1. The third-order valence-electron chi connectivity index (χ3n) is 2.47. The summed E-state index contributed by atoms with van der Waals surface area (Å²) in [7, 11) is -1.65. The van der Waals surface area contributed by atoms with Crippen molar-refractivity contribution >= 4 is 20.2 Å². The number of para-hydroxylation sites is 1. The molecule has 1 heterocycles. The number of hydrogen-bond donors (Lipinski definition) is 0. The molecule has 0 bridgehead atoms. The summed E-state index contributed by atoms with van der Waals surface area (Å²) in [5.41, 5.74) is 1.95. The maximum atomic E-state index is 6.13. The minimum absolute atomic E-state index is 0.737. The van der Waals surface area contributed by atoms with Crippen LogP contribution in [0.5, 0.6) is 5.75 Å².